The minimum Gasteiger partial charge on any atom is -0.308 e. The van der Waals surface area contributed by atoms with Crippen molar-refractivity contribution < 1.29 is 0 Å². The third-order valence-corrected chi connectivity index (χ3v) is 5.27. The Labute approximate surface area is 119 Å². The van der Waals surface area contributed by atoms with Gasteiger partial charge in [-0.2, -0.15) is 0 Å². The van der Waals surface area contributed by atoms with Gasteiger partial charge in [-0.15, -0.1) is 0 Å². The first-order valence-corrected chi connectivity index (χ1v) is 7.84. The molecule has 3 atom stereocenters. The average Bonchev–Trinajstić information content (AvgIpc) is 2.89. The van der Waals surface area contributed by atoms with Gasteiger partial charge in [-0.1, -0.05) is 6.42 Å². The highest BCUT2D eigenvalue weighted by molar-refractivity contribution is 9.11. The number of hydrogen-bond donors (Lipinski definition) is 1. The minimum absolute atomic E-state index is 0.728. The number of aromatic nitrogens is 1. The van der Waals surface area contributed by atoms with E-state index in [-0.39, 0.29) is 0 Å². The number of hydrogen-bond acceptors (Lipinski definition) is 2. The van der Waals surface area contributed by atoms with E-state index in [9.17, 15) is 0 Å². The summed E-state index contributed by atoms with van der Waals surface area (Å²) in [5, 5.41) is 3.68. The van der Waals surface area contributed by atoms with Crippen molar-refractivity contribution in [1.82, 2.24) is 10.3 Å². The smallest absolute Gasteiger partial charge is 0.0684 e. The molecule has 2 aliphatic carbocycles. The molecule has 4 heteroatoms. The van der Waals surface area contributed by atoms with E-state index >= 15 is 0 Å². The molecule has 0 spiro atoms. The highest BCUT2D eigenvalue weighted by Crippen LogP contribution is 2.44. The molecule has 3 rings (SSSR count). The molecule has 1 heterocycles. The van der Waals surface area contributed by atoms with Crippen LogP contribution < -0.4 is 5.32 Å². The number of nitrogens with zero attached hydrogens (tertiary/aromatic N) is 1. The Morgan fingerprint density at radius 1 is 1.29 bits per heavy atom. The van der Waals surface area contributed by atoms with Crippen molar-refractivity contribution in [2.24, 2.45) is 11.8 Å². The quantitative estimate of drug-likeness (QED) is 0.885. The number of rotatable bonds is 3. The Hall–Kier alpha value is 0.0700. The van der Waals surface area contributed by atoms with Crippen molar-refractivity contribution in [3.63, 3.8) is 0 Å². The molecule has 2 bridgehead atoms. The summed E-state index contributed by atoms with van der Waals surface area (Å²) in [4.78, 5) is 4.44. The van der Waals surface area contributed by atoms with Crippen LogP contribution in [0.5, 0.6) is 0 Å². The second-order valence-corrected chi connectivity index (χ2v) is 7.01. The molecule has 2 saturated carbocycles. The molecule has 92 valence electrons. The molecule has 1 aromatic heterocycles. The van der Waals surface area contributed by atoms with Crippen LogP contribution in [0.2, 0.25) is 0 Å². The summed E-state index contributed by atoms with van der Waals surface area (Å²) in [7, 11) is 0. The van der Waals surface area contributed by atoms with Crippen LogP contribution in [0.15, 0.2) is 21.2 Å². The van der Waals surface area contributed by atoms with Gasteiger partial charge in [-0.3, -0.25) is 4.98 Å². The molecule has 3 unspecified atom stereocenters. The molecule has 0 saturated heterocycles. The first-order valence-electron chi connectivity index (χ1n) is 6.25. The second-order valence-electron chi connectivity index (χ2n) is 5.24. The highest BCUT2D eigenvalue weighted by atomic mass is 79.9. The molecule has 2 nitrogen and oxygen atoms in total. The van der Waals surface area contributed by atoms with Gasteiger partial charge in [-0.05, 0) is 69.0 Å². The molecular formula is C13H16Br2N2. The van der Waals surface area contributed by atoms with Gasteiger partial charge in [0.05, 0.1) is 5.69 Å². The lowest BCUT2D eigenvalue weighted by Crippen LogP contribution is -2.33. The van der Waals surface area contributed by atoms with E-state index in [1.54, 1.807) is 0 Å². The molecule has 1 N–H and O–H groups in total. The third-order valence-electron chi connectivity index (χ3n) is 4.15. The maximum atomic E-state index is 4.44. The molecule has 1 aromatic rings. The van der Waals surface area contributed by atoms with Gasteiger partial charge in [0.15, 0.2) is 0 Å². The summed E-state index contributed by atoms with van der Waals surface area (Å²) >= 11 is 6.99. The van der Waals surface area contributed by atoms with E-state index in [2.05, 4.69) is 48.2 Å². The standard InChI is InChI=1S/C13H16Br2N2/c14-10-5-11(15)13(16-6-10)7-17-12-4-8-1-2-9(12)3-8/h5-6,8-9,12,17H,1-4,7H2. The number of fused-ring (bicyclic) bond motifs is 2. The summed E-state index contributed by atoms with van der Waals surface area (Å²) in [6, 6.07) is 2.79. The van der Waals surface area contributed by atoms with Crippen LogP contribution >= 0.6 is 31.9 Å². The summed E-state index contributed by atoms with van der Waals surface area (Å²) in [5.74, 6) is 1.92. The van der Waals surface area contributed by atoms with Crippen molar-refractivity contribution in [1.29, 1.82) is 0 Å². The SMILES string of the molecule is Brc1cnc(CNC2CC3CCC2C3)c(Br)c1. The predicted octanol–water partition coefficient (Wildman–Crippen LogP) is 3.88. The fourth-order valence-electron chi connectivity index (χ4n) is 3.30. The second kappa shape index (κ2) is 4.98. The van der Waals surface area contributed by atoms with Crippen LogP contribution in [0.3, 0.4) is 0 Å². The van der Waals surface area contributed by atoms with E-state index < -0.39 is 0 Å². The van der Waals surface area contributed by atoms with Gasteiger partial charge >= 0.3 is 0 Å². The maximum absolute atomic E-state index is 4.44. The molecule has 0 aromatic carbocycles. The third kappa shape index (κ3) is 2.59. The summed E-state index contributed by atoms with van der Waals surface area (Å²) in [5.41, 5.74) is 1.11. The van der Waals surface area contributed by atoms with E-state index in [4.69, 9.17) is 0 Å². The van der Waals surface area contributed by atoms with Gasteiger partial charge in [0, 0.05) is 27.7 Å². The highest BCUT2D eigenvalue weighted by Gasteiger charge is 2.39. The molecule has 0 amide bonds. The van der Waals surface area contributed by atoms with Gasteiger partial charge < -0.3 is 5.32 Å². The average molecular weight is 360 g/mol. The summed E-state index contributed by atoms with van der Waals surface area (Å²) in [6.45, 7) is 0.877. The Bertz CT molecular complexity index is 422. The lowest BCUT2D eigenvalue weighted by molar-refractivity contribution is 0.349. The van der Waals surface area contributed by atoms with Crippen molar-refractivity contribution in [2.75, 3.05) is 0 Å². The zero-order valence-corrected chi connectivity index (χ0v) is 12.8. The van der Waals surface area contributed by atoms with Crippen LogP contribution in [0, 0.1) is 11.8 Å². The Morgan fingerprint density at radius 3 is 2.82 bits per heavy atom. The van der Waals surface area contributed by atoms with Crippen LogP contribution in [0.1, 0.15) is 31.4 Å². The molecule has 17 heavy (non-hydrogen) atoms. The van der Waals surface area contributed by atoms with Gasteiger partial charge in [0.1, 0.15) is 0 Å². The first-order chi connectivity index (χ1) is 8.22. The van der Waals surface area contributed by atoms with Crippen LogP contribution in [-0.2, 0) is 6.54 Å². The number of pyridine rings is 1. The van der Waals surface area contributed by atoms with Crippen LogP contribution in [0.25, 0.3) is 0 Å². The van der Waals surface area contributed by atoms with E-state index in [1.807, 2.05) is 6.20 Å². The molecule has 2 fully saturated rings. The van der Waals surface area contributed by atoms with Gasteiger partial charge in [-0.25, -0.2) is 0 Å². The zero-order valence-electron chi connectivity index (χ0n) is 9.63. The molecule has 0 aliphatic heterocycles. The zero-order chi connectivity index (χ0) is 11.8. The normalized spacial score (nSPS) is 31.1. The molecule has 2 aliphatic rings. The van der Waals surface area contributed by atoms with Crippen LogP contribution in [0.4, 0.5) is 0 Å². The van der Waals surface area contributed by atoms with E-state index in [0.717, 1.165) is 39.1 Å². The molecule has 0 radical (unpaired) electrons. The predicted molar refractivity (Wildman–Crippen MR) is 75.7 cm³/mol. The topological polar surface area (TPSA) is 24.9 Å². The Balaban J connectivity index is 1.60. The van der Waals surface area contributed by atoms with E-state index in [1.165, 1.54) is 25.7 Å². The largest absolute Gasteiger partial charge is 0.308 e. The minimum atomic E-state index is 0.728. The Morgan fingerprint density at radius 2 is 2.18 bits per heavy atom. The molecular weight excluding hydrogens is 344 g/mol. The fraction of sp³-hybridized carbons (Fsp3) is 0.615. The monoisotopic (exact) mass is 358 g/mol. The van der Waals surface area contributed by atoms with Crippen molar-refractivity contribution in [2.45, 2.75) is 38.3 Å². The lowest BCUT2D eigenvalue weighted by Gasteiger charge is -2.23. The number of nitrogens with one attached hydrogen (secondary N) is 1. The fourth-order valence-corrected chi connectivity index (χ4v) is 4.42. The van der Waals surface area contributed by atoms with E-state index in [0.29, 0.717) is 0 Å². The van der Waals surface area contributed by atoms with Crippen molar-refractivity contribution >= 4 is 31.9 Å². The van der Waals surface area contributed by atoms with Crippen LogP contribution in [-0.4, -0.2) is 11.0 Å². The lowest BCUT2D eigenvalue weighted by atomic mass is 9.95. The van der Waals surface area contributed by atoms with Gasteiger partial charge in [0.2, 0.25) is 0 Å². The van der Waals surface area contributed by atoms with Crippen molar-refractivity contribution in [3.05, 3.63) is 26.9 Å². The van der Waals surface area contributed by atoms with Crippen molar-refractivity contribution in [3.8, 4) is 0 Å². The Kier molecular flexibility index (Phi) is 3.55. The maximum Gasteiger partial charge on any atom is 0.0684 e. The summed E-state index contributed by atoms with van der Waals surface area (Å²) in [6.07, 6.45) is 7.58. The number of halogens is 2. The van der Waals surface area contributed by atoms with Gasteiger partial charge in [0.25, 0.3) is 0 Å². The first kappa shape index (κ1) is 12.1. The summed E-state index contributed by atoms with van der Waals surface area (Å²) < 4.78 is 2.11.